The second-order valence-electron chi connectivity index (χ2n) is 6.33. The van der Waals surface area contributed by atoms with Gasteiger partial charge >= 0.3 is 12.0 Å². The number of carbonyl (C=O) groups excluding carboxylic acids is 1. The lowest BCUT2D eigenvalue weighted by Gasteiger charge is -2.38. The third kappa shape index (κ3) is 4.09. The lowest BCUT2D eigenvalue weighted by molar-refractivity contribution is -0.141. The Morgan fingerprint density at radius 1 is 1.10 bits per heavy atom. The molecule has 0 radical (unpaired) electrons. The van der Waals surface area contributed by atoms with E-state index in [4.69, 9.17) is 5.11 Å². The van der Waals surface area contributed by atoms with Crippen LogP contribution in [-0.4, -0.2) is 65.2 Å². The number of carboxylic acids is 1. The molecule has 2 aliphatic rings. The van der Waals surface area contributed by atoms with Crippen molar-refractivity contribution in [2.24, 2.45) is 5.92 Å². The van der Waals surface area contributed by atoms with Gasteiger partial charge in [0.2, 0.25) is 0 Å². The molecule has 21 heavy (non-hydrogen) atoms. The van der Waals surface area contributed by atoms with Crippen molar-refractivity contribution in [3.8, 4) is 0 Å². The van der Waals surface area contributed by atoms with Gasteiger partial charge in [-0.2, -0.15) is 0 Å². The van der Waals surface area contributed by atoms with Gasteiger partial charge in [-0.25, -0.2) is 4.79 Å². The zero-order valence-corrected chi connectivity index (χ0v) is 13.0. The van der Waals surface area contributed by atoms with Gasteiger partial charge in [0.05, 0.1) is 5.92 Å². The maximum atomic E-state index is 12.2. The van der Waals surface area contributed by atoms with Gasteiger partial charge < -0.3 is 15.3 Å². The van der Waals surface area contributed by atoms with E-state index in [1.54, 1.807) is 18.7 Å². The summed E-state index contributed by atoms with van der Waals surface area (Å²) in [5.41, 5.74) is 0. The molecule has 1 heterocycles. The third-order valence-corrected chi connectivity index (χ3v) is 4.93. The van der Waals surface area contributed by atoms with Gasteiger partial charge in [-0.1, -0.05) is 12.8 Å². The monoisotopic (exact) mass is 297 g/mol. The Morgan fingerprint density at radius 3 is 2.19 bits per heavy atom. The summed E-state index contributed by atoms with van der Waals surface area (Å²) in [5, 5.41) is 11.8. The summed E-state index contributed by atoms with van der Waals surface area (Å²) in [4.78, 5) is 27.4. The fourth-order valence-corrected chi connectivity index (χ4v) is 3.18. The highest BCUT2D eigenvalue weighted by Crippen LogP contribution is 2.24. The average molecular weight is 297 g/mol. The van der Waals surface area contributed by atoms with Crippen LogP contribution in [0.4, 0.5) is 4.79 Å². The van der Waals surface area contributed by atoms with Crippen LogP contribution in [-0.2, 0) is 4.79 Å². The van der Waals surface area contributed by atoms with E-state index in [2.05, 4.69) is 10.2 Å². The smallest absolute Gasteiger partial charge is 0.317 e. The van der Waals surface area contributed by atoms with Gasteiger partial charge in [0.15, 0.2) is 0 Å². The third-order valence-electron chi connectivity index (χ3n) is 4.93. The minimum atomic E-state index is -0.881. The van der Waals surface area contributed by atoms with Gasteiger partial charge in [-0.15, -0.1) is 0 Å². The molecule has 1 saturated carbocycles. The number of carbonyl (C=O) groups is 2. The van der Waals surface area contributed by atoms with E-state index in [-0.39, 0.29) is 12.1 Å². The van der Waals surface area contributed by atoms with E-state index in [1.165, 1.54) is 25.7 Å². The molecule has 1 aliphatic carbocycles. The largest absolute Gasteiger partial charge is 0.481 e. The van der Waals surface area contributed by atoms with Crippen molar-refractivity contribution in [3.63, 3.8) is 0 Å². The predicted molar refractivity (Wildman–Crippen MR) is 80.2 cm³/mol. The van der Waals surface area contributed by atoms with Crippen molar-refractivity contribution in [1.29, 1.82) is 0 Å². The maximum Gasteiger partial charge on any atom is 0.317 e. The summed E-state index contributed by atoms with van der Waals surface area (Å²) >= 11 is 0. The molecular weight excluding hydrogens is 270 g/mol. The standard InChI is InChI=1S/C15H27N3O3/c1-11(14(19)20)12(2)16-15(21)18-9-7-17(8-10-18)13-5-3-4-6-13/h11-13H,3-10H2,1-2H3,(H,16,21)(H,19,20). The molecule has 6 heteroatoms. The number of urea groups is 1. The molecule has 0 spiro atoms. The number of hydrogen-bond donors (Lipinski definition) is 2. The van der Waals surface area contributed by atoms with E-state index in [1.807, 2.05) is 0 Å². The second-order valence-corrected chi connectivity index (χ2v) is 6.33. The predicted octanol–water partition coefficient (Wildman–Crippen LogP) is 1.37. The van der Waals surface area contributed by atoms with E-state index < -0.39 is 11.9 Å². The molecule has 2 atom stereocenters. The Labute approximate surface area is 126 Å². The van der Waals surface area contributed by atoms with E-state index in [0.717, 1.165) is 26.2 Å². The van der Waals surface area contributed by atoms with Gasteiger partial charge in [0.1, 0.15) is 0 Å². The lowest BCUT2D eigenvalue weighted by atomic mass is 10.0. The first kappa shape index (κ1) is 16.1. The molecular formula is C15H27N3O3. The fraction of sp³-hybridized carbons (Fsp3) is 0.867. The second kappa shape index (κ2) is 7.11. The molecule has 1 aliphatic heterocycles. The van der Waals surface area contributed by atoms with Crippen LogP contribution in [0.5, 0.6) is 0 Å². The normalized spacial score (nSPS) is 23.8. The number of rotatable bonds is 4. The first-order valence-electron chi connectivity index (χ1n) is 8.01. The molecule has 2 fully saturated rings. The Morgan fingerprint density at radius 2 is 1.67 bits per heavy atom. The fourth-order valence-electron chi connectivity index (χ4n) is 3.18. The van der Waals surface area contributed by atoms with Gasteiger partial charge in [0.25, 0.3) is 0 Å². The molecule has 0 aromatic rings. The van der Waals surface area contributed by atoms with Gasteiger partial charge in [-0.3, -0.25) is 9.69 Å². The molecule has 2 rings (SSSR count). The number of aliphatic carboxylic acids is 1. The van der Waals surface area contributed by atoms with Crippen molar-refractivity contribution < 1.29 is 14.7 Å². The van der Waals surface area contributed by atoms with Gasteiger partial charge in [0, 0.05) is 38.3 Å². The molecule has 0 aromatic heterocycles. The van der Waals surface area contributed by atoms with E-state index in [9.17, 15) is 9.59 Å². The first-order chi connectivity index (χ1) is 9.99. The van der Waals surface area contributed by atoms with Crippen LogP contribution < -0.4 is 5.32 Å². The Hall–Kier alpha value is -1.30. The van der Waals surface area contributed by atoms with E-state index >= 15 is 0 Å². The molecule has 2 amide bonds. The lowest BCUT2D eigenvalue weighted by Crippen LogP contribution is -2.55. The average Bonchev–Trinajstić information content (AvgIpc) is 3.00. The molecule has 2 unspecified atom stereocenters. The minimum Gasteiger partial charge on any atom is -0.481 e. The Bertz CT molecular complexity index is 374. The quantitative estimate of drug-likeness (QED) is 0.822. The Balaban J connectivity index is 1.76. The molecule has 6 nitrogen and oxygen atoms in total. The summed E-state index contributed by atoms with van der Waals surface area (Å²) in [7, 11) is 0. The number of piperazine rings is 1. The SMILES string of the molecule is CC(NC(=O)N1CCN(C2CCCC2)CC1)C(C)C(=O)O. The number of amides is 2. The highest BCUT2D eigenvalue weighted by molar-refractivity contribution is 5.76. The summed E-state index contributed by atoms with van der Waals surface area (Å²) in [6, 6.07) is 0.214. The zero-order chi connectivity index (χ0) is 15.4. The van der Waals surface area contributed by atoms with Crippen LogP contribution in [0.3, 0.4) is 0 Å². The maximum absolute atomic E-state index is 12.2. The van der Waals surface area contributed by atoms with Crippen molar-refractivity contribution in [1.82, 2.24) is 15.1 Å². The van der Waals surface area contributed by atoms with Crippen LogP contribution in [0.1, 0.15) is 39.5 Å². The molecule has 2 N–H and O–H groups in total. The van der Waals surface area contributed by atoms with E-state index in [0.29, 0.717) is 6.04 Å². The van der Waals surface area contributed by atoms with Crippen LogP contribution in [0, 0.1) is 5.92 Å². The first-order valence-corrected chi connectivity index (χ1v) is 8.01. The zero-order valence-electron chi connectivity index (χ0n) is 13.0. The number of nitrogens with one attached hydrogen (secondary N) is 1. The van der Waals surface area contributed by atoms with Crippen molar-refractivity contribution in [2.75, 3.05) is 26.2 Å². The summed E-state index contributed by atoms with van der Waals surface area (Å²) in [5.74, 6) is -1.46. The number of carboxylic acid groups (broad SMARTS) is 1. The molecule has 1 saturated heterocycles. The molecule has 0 aromatic carbocycles. The van der Waals surface area contributed by atoms with Gasteiger partial charge in [-0.05, 0) is 26.7 Å². The van der Waals surface area contributed by atoms with Crippen LogP contribution >= 0.6 is 0 Å². The minimum absolute atomic E-state index is 0.137. The van der Waals surface area contributed by atoms with Crippen LogP contribution in [0.25, 0.3) is 0 Å². The summed E-state index contributed by atoms with van der Waals surface area (Å²) in [6.45, 7) is 6.69. The molecule has 0 bridgehead atoms. The molecule has 120 valence electrons. The van der Waals surface area contributed by atoms with Crippen molar-refractivity contribution >= 4 is 12.0 Å². The summed E-state index contributed by atoms with van der Waals surface area (Å²) in [6.07, 6.45) is 5.24. The van der Waals surface area contributed by atoms with Crippen LogP contribution in [0.15, 0.2) is 0 Å². The highest BCUT2D eigenvalue weighted by atomic mass is 16.4. The Kier molecular flexibility index (Phi) is 5.45. The van der Waals surface area contributed by atoms with Crippen molar-refractivity contribution in [3.05, 3.63) is 0 Å². The van der Waals surface area contributed by atoms with Crippen LogP contribution in [0.2, 0.25) is 0 Å². The topological polar surface area (TPSA) is 72.9 Å². The number of hydrogen-bond acceptors (Lipinski definition) is 3. The van der Waals surface area contributed by atoms with Crippen molar-refractivity contribution in [2.45, 2.75) is 51.6 Å². The summed E-state index contributed by atoms with van der Waals surface area (Å²) < 4.78 is 0. The highest BCUT2D eigenvalue weighted by Gasteiger charge is 2.29. The number of nitrogens with zero attached hydrogens (tertiary/aromatic N) is 2.